The number of hydrogen-bond donors (Lipinski definition) is 1. The van der Waals surface area contributed by atoms with Gasteiger partial charge in [0.2, 0.25) is 5.91 Å². The van der Waals surface area contributed by atoms with Gasteiger partial charge < -0.3 is 10.1 Å². The molecule has 1 amide bonds. The first-order valence-electron chi connectivity index (χ1n) is 5.42. The summed E-state index contributed by atoms with van der Waals surface area (Å²) in [6.45, 7) is 1.85. The highest BCUT2D eigenvalue weighted by Gasteiger charge is 2.18. The number of hydrogen-bond acceptors (Lipinski definition) is 6. The molecule has 0 fully saturated rings. The topological polar surface area (TPSA) is 86.1 Å². The van der Waals surface area contributed by atoms with Gasteiger partial charge in [-0.2, -0.15) is 0 Å². The molecule has 0 bridgehead atoms. The Hall–Kier alpha value is -2.22. The predicted molar refractivity (Wildman–Crippen MR) is 69.0 cm³/mol. The summed E-state index contributed by atoms with van der Waals surface area (Å²) in [7, 11) is 1.30. The molecule has 0 atom stereocenters. The van der Waals surface area contributed by atoms with Gasteiger partial charge in [-0.05, 0) is 17.9 Å². The summed E-state index contributed by atoms with van der Waals surface area (Å²) in [5.74, 6) is -0.744. The molecule has 0 aliphatic heterocycles. The van der Waals surface area contributed by atoms with Gasteiger partial charge in [-0.15, -0.1) is 16.4 Å². The van der Waals surface area contributed by atoms with Gasteiger partial charge in [0.1, 0.15) is 11.4 Å². The van der Waals surface area contributed by atoms with Crippen molar-refractivity contribution in [2.75, 3.05) is 12.4 Å². The summed E-state index contributed by atoms with van der Waals surface area (Å²) >= 11 is 1.23. The SMILES string of the molecule is COC(=O)c1scc(C)c1NC(=O)Cn1ccnn1. The van der Waals surface area contributed by atoms with Crippen LogP contribution in [0.1, 0.15) is 15.2 Å². The van der Waals surface area contributed by atoms with Gasteiger partial charge in [-0.3, -0.25) is 4.79 Å². The lowest BCUT2D eigenvalue weighted by molar-refractivity contribution is -0.116. The molecule has 0 aromatic carbocycles. The van der Waals surface area contributed by atoms with Crippen LogP contribution in [0.5, 0.6) is 0 Å². The molecule has 0 saturated heterocycles. The van der Waals surface area contributed by atoms with Gasteiger partial charge in [-0.25, -0.2) is 9.48 Å². The summed E-state index contributed by atoms with van der Waals surface area (Å²) < 4.78 is 6.07. The Morgan fingerprint density at radius 1 is 1.53 bits per heavy atom. The molecular weight excluding hydrogens is 268 g/mol. The number of ether oxygens (including phenoxy) is 1. The van der Waals surface area contributed by atoms with Crippen molar-refractivity contribution in [3.05, 3.63) is 28.2 Å². The number of carbonyl (C=O) groups is 2. The zero-order valence-electron chi connectivity index (χ0n) is 10.4. The summed E-state index contributed by atoms with van der Waals surface area (Å²) in [6.07, 6.45) is 3.07. The van der Waals surface area contributed by atoms with Crippen LogP contribution in [-0.4, -0.2) is 34.0 Å². The normalized spacial score (nSPS) is 10.2. The molecule has 2 aromatic rings. The maximum absolute atomic E-state index is 11.8. The van der Waals surface area contributed by atoms with E-state index in [1.54, 1.807) is 11.6 Å². The zero-order chi connectivity index (χ0) is 13.8. The number of esters is 1. The first kappa shape index (κ1) is 13.2. The third kappa shape index (κ3) is 2.97. The molecule has 1 N–H and O–H groups in total. The summed E-state index contributed by atoms with van der Waals surface area (Å²) in [6, 6.07) is 0. The fourth-order valence-electron chi connectivity index (χ4n) is 1.49. The summed E-state index contributed by atoms with van der Waals surface area (Å²) in [5, 5.41) is 11.8. The lowest BCUT2D eigenvalue weighted by atomic mass is 10.2. The van der Waals surface area contributed by atoms with Crippen molar-refractivity contribution in [2.24, 2.45) is 0 Å². The molecule has 0 unspecified atom stereocenters. The average molecular weight is 280 g/mol. The van der Waals surface area contributed by atoms with Crippen LogP contribution in [-0.2, 0) is 16.1 Å². The largest absolute Gasteiger partial charge is 0.465 e. The standard InChI is InChI=1S/C11H12N4O3S/c1-7-6-19-10(11(17)18-2)9(7)13-8(16)5-15-4-3-12-14-15/h3-4,6H,5H2,1-2H3,(H,13,16). The summed E-state index contributed by atoms with van der Waals surface area (Å²) in [4.78, 5) is 23.8. The summed E-state index contributed by atoms with van der Waals surface area (Å²) in [5.41, 5.74) is 1.30. The van der Waals surface area contributed by atoms with Crippen molar-refractivity contribution in [2.45, 2.75) is 13.5 Å². The van der Waals surface area contributed by atoms with Crippen molar-refractivity contribution in [1.29, 1.82) is 0 Å². The van der Waals surface area contributed by atoms with Crippen molar-refractivity contribution < 1.29 is 14.3 Å². The number of rotatable bonds is 4. The number of methoxy groups -OCH3 is 1. The van der Waals surface area contributed by atoms with E-state index in [0.717, 1.165) is 5.56 Å². The quantitative estimate of drug-likeness (QED) is 0.847. The predicted octanol–water partition coefficient (Wildman–Crippen LogP) is 1.07. The van der Waals surface area contributed by atoms with Crippen LogP contribution < -0.4 is 5.32 Å². The van der Waals surface area contributed by atoms with Crippen LogP contribution >= 0.6 is 11.3 Å². The molecular formula is C11H12N4O3S. The third-order valence-corrected chi connectivity index (χ3v) is 3.47. The van der Waals surface area contributed by atoms with E-state index in [1.165, 1.54) is 29.3 Å². The minimum Gasteiger partial charge on any atom is -0.465 e. The fourth-order valence-corrected chi connectivity index (χ4v) is 2.41. The first-order chi connectivity index (χ1) is 9.11. The molecule has 2 heterocycles. The number of anilines is 1. The van der Waals surface area contributed by atoms with E-state index in [0.29, 0.717) is 10.6 Å². The van der Waals surface area contributed by atoms with E-state index in [4.69, 9.17) is 0 Å². The van der Waals surface area contributed by atoms with Crippen LogP contribution in [0, 0.1) is 6.92 Å². The molecule has 0 spiro atoms. The molecule has 0 saturated carbocycles. The number of aryl methyl sites for hydroxylation is 1. The van der Waals surface area contributed by atoms with Crippen LogP contribution in [0.2, 0.25) is 0 Å². The molecule has 100 valence electrons. The zero-order valence-corrected chi connectivity index (χ0v) is 11.2. The molecule has 0 aliphatic carbocycles. The van der Waals surface area contributed by atoms with Crippen molar-refractivity contribution in [3.63, 3.8) is 0 Å². The van der Waals surface area contributed by atoms with Gasteiger partial charge in [0.25, 0.3) is 0 Å². The monoisotopic (exact) mass is 280 g/mol. The van der Waals surface area contributed by atoms with Crippen molar-refractivity contribution in [3.8, 4) is 0 Å². The Labute approximate surface area is 113 Å². The van der Waals surface area contributed by atoms with E-state index in [-0.39, 0.29) is 12.5 Å². The van der Waals surface area contributed by atoms with Crippen LogP contribution in [0.4, 0.5) is 5.69 Å². The lowest BCUT2D eigenvalue weighted by Crippen LogP contribution is -2.20. The molecule has 19 heavy (non-hydrogen) atoms. The van der Waals surface area contributed by atoms with E-state index < -0.39 is 5.97 Å². The van der Waals surface area contributed by atoms with Gasteiger partial charge >= 0.3 is 5.97 Å². The van der Waals surface area contributed by atoms with E-state index in [2.05, 4.69) is 20.4 Å². The van der Waals surface area contributed by atoms with Gasteiger partial charge in [-0.1, -0.05) is 5.21 Å². The van der Waals surface area contributed by atoms with Gasteiger partial charge in [0.05, 0.1) is 19.0 Å². The minimum atomic E-state index is -0.464. The molecule has 2 aromatic heterocycles. The van der Waals surface area contributed by atoms with Gasteiger partial charge in [0.15, 0.2) is 0 Å². The molecule has 7 nitrogen and oxygen atoms in total. The number of nitrogens with zero attached hydrogens (tertiary/aromatic N) is 3. The molecule has 0 aliphatic rings. The smallest absolute Gasteiger partial charge is 0.350 e. The Bertz CT molecular complexity index is 591. The first-order valence-corrected chi connectivity index (χ1v) is 6.30. The Kier molecular flexibility index (Phi) is 3.91. The Morgan fingerprint density at radius 3 is 2.95 bits per heavy atom. The number of carbonyl (C=O) groups excluding carboxylic acids is 2. The second-order valence-corrected chi connectivity index (χ2v) is 4.64. The molecule has 2 rings (SSSR count). The number of thiophene rings is 1. The van der Waals surface area contributed by atoms with Crippen LogP contribution in [0.3, 0.4) is 0 Å². The maximum Gasteiger partial charge on any atom is 0.350 e. The van der Waals surface area contributed by atoms with Crippen LogP contribution in [0.25, 0.3) is 0 Å². The second kappa shape index (κ2) is 5.61. The number of amides is 1. The highest BCUT2D eigenvalue weighted by molar-refractivity contribution is 7.12. The second-order valence-electron chi connectivity index (χ2n) is 3.76. The van der Waals surface area contributed by atoms with Crippen molar-refractivity contribution in [1.82, 2.24) is 15.0 Å². The average Bonchev–Trinajstić information content (AvgIpc) is 3.00. The minimum absolute atomic E-state index is 0.0376. The fraction of sp³-hybridized carbons (Fsp3) is 0.273. The van der Waals surface area contributed by atoms with Crippen molar-refractivity contribution >= 4 is 28.9 Å². The maximum atomic E-state index is 11.8. The number of aromatic nitrogens is 3. The highest BCUT2D eigenvalue weighted by atomic mass is 32.1. The molecule has 0 radical (unpaired) electrons. The highest BCUT2D eigenvalue weighted by Crippen LogP contribution is 2.28. The lowest BCUT2D eigenvalue weighted by Gasteiger charge is -2.07. The van der Waals surface area contributed by atoms with Crippen LogP contribution in [0.15, 0.2) is 17.8 Å². The Morgan fingerprint density at radius 2 is 2.32 bits per heavy atom. The Balaban J connectivity index is 2.12. The third-order valence-electron chi connectivity index (χ3n) is 2.39. The van der Waals surface area contributed by atoms with E-state index >= 15 is 0 Å². The molecule has 8 heteroatoms. The van der Waals surface area contributed by atoms with E-state index in [9.17, 15) is 9.59 Å². The number of nitrogens with one attached hydrogen (secondary N) is 1. The van der Waals surface area contributed by atoms with E-state index in [1.807, 2.05) is 6.92 Å². The van der Waals surface area contributed by atoms with Gasteiger partial charge in [0, 0.05) is 6.20 Å².